The van der Waals surface area contributed by atoms with E-state index in [2.05, 4.69) is 26.0 Å². The third-order valence-electron chi connectivity index (χ3n) is 2.91. The van der Waals surface area contributed by atoms with Crippen molar-refractivity contribution in [3.63, 3.8) is 0 Å². The minimum absolute atomic E-state index is 0.0302. The standard InChI is InChI=1S/C15H13BrClF2NO/c1-9(20-14-8-11(16)4-7-13(14)17)10-2-5-12(6-3-10)21-15(18)19/h2-9,15,20H,1H3. The second-order valence-electron chi connectivity index (χ2n) is 4.44. The molecule has 0 bridgehead atoms. The second kappa shape index (κ2) is 7.09. The molecule has 1 atom stereocenters. The lowest BCUT2D eigenvalue weighted by Gasteiger charge is -2.17. The quantitative estimate of drug-likeness (QED) is 0.704. The zero-order chi connectivity index (χ0) is 15.4. The van der Waals surface area contributed by atoms with E-state index in [4.69, 9.17) is 11.6 Å². The van der Waals surface area contributed by atoms with Gasteiger partial charge in [0.2, 0.25) is 0 Å². The van der Waals surface area contributed by atoms with Gasteiger partial charge in [-0.2, -0.15) is 8.78 Å². The minimum Gasteiger partial charge on any atom is -0.435 e. The van der Waals surface area contributed by atoms with Crippen molar-refractivity contribution in [1.29, 1.82) is 0 Å². The maximum Gasteiger partial charge on any atom is 0.387 e. The summed E-state index contributed by atoms with van der Waals surface area (Å²) in [5, 5.41) is 3.89. The predicted octanol–water partition coefficient (Wildman–Crippen LogP) is 5.88. The lowest BCUT2D eigenvalue weighted by atomic mass is 10.1. The van der Waals surface area contributed by atoms with Crippen LogP contribution in [0.15, 0.2) is 46.9 Å². The number of nitrogens with one attached hydrogen (secondary N) is 1. The van der Waals surface area contributed by atoms with Crippen LogP contribution in [0, 0.1) is 0 Å². The molecule has 0 heterocycles. The zero-order valence-corrected chi connectivity index (χ0v) is 13.5. The summed E-state index contributed by atoms with van der Waals surface area (Å²) < 4.78 is 29.4. The van der Waals surface area contributed by atoms with Gasteiger partial charge >= 0.3 is 6.61 Å². The van der Waals surface area contributed by atoms with Crippen LogP contribution in [0.5, 0.6) is 5.75 Å². The van der Waals surface area contributed by atoms with Gasteiger partial charge in [-0.3, -0.25) is 0 Å². The van der Waals surface area contributed by atoms with Gasteiger partial charge in [-0.15, -0.1) is 0 Å². The van der Waals surface area contributed by atoms with Crippen LogP contribution >= 0.6 is 27.5 Å². The number of hydrogen-bond donors (Lipinski definition) is 1. The molecule has 2 aromatic carbocycles. The fourth-order valence-electron chi connectivity index (χ4n) is 1.86. The highest BCUT2D eigenvalue weighted by molar-refractivity contribution is 9.10. The van der Waals surface area contributed by atoms with Crippen LogP contribution in [0.4, 0.5) is 14.5 Å². The van der Waals surface area contributed by atoms with Crippen LogP contribution in [0.3, 0.4) is 0 Å². The molecule has 1 N–H and O–H groups in total. The zero-order valence-electron chi connectivity index (χ0n) is 11.1. The summed E-state index contributed by atoms with van der Waals surface area (Å²) in [6.07, 6.45) is 0. The fraction of sp³-hybridized carbons (Fsp3) is 0.200. The molecule has 0 aliphatic heterocycles. The number of ether oxygens (including phenoxy) is 1. The number of anilines is 1. The smallest absolute Gasteiger partial charge is 0.387 e. The van der Waals surface area contributed by atoms with Gasteiger partial charge in [0.05, 0.1) is 10.7 Å². The highest BCUT2D eigenvalue weighted by atomic mass is 79.9. The molecule has 0 amide bonds. The Kier molecular flexibility index (Phi) is 5.42. The molecule has 0 radical (unpaired) electrons. The Hall–Kier alpha value is -1.33. The van der Waals surface area contributed by atoms with E-state index in [0.717, 1.165) is 15.7 Å². The lowest BCUT2D eigenvalue weighted by molar-refractivity contribution is -0.0498. The van der Waals surface area contributed by atoms with E-state index in [1.807, 2.05) is 19.1 Å². The van der Waals surface area contributed by atoms with Crippen molar-refractivity contribution in [2.45, 2.75) is 19.6 Å². The van der Waals surface area contributed by atoms with E-state index in [1.54, 1.807) is 18.2 Å². The normalized spacial score (nSPS) is 12.3. The molecule has 0 saturated heterocycles. The molecule has 2 aromatic rings. The second-order valence-corrected chi connectivity index (χ2v) is 5.76. The molecule has 0 saturated carbocycles. The van der Waals surface area contributed by atoms with Gasteiger partial charge in [0.15, 0.2) is 0 Å². The first-order chi connectivity index (χ1) is 9.95. The van der Waals surface area contributed by atoms with Crippen molar-refractivity contribution < 1.29 is 13.5 Å². The van der Waals surface area contributed by atoms with Crippen molar-refractivity contribution in [3.05, 3.63) is 57.5 Å². The van der Waals surface area contributed by atoms with E-state index < -0.39 is 6.61 Å². The first kappa shape index (κ1) is 16.0. The van der Waals surface area contributed by atoms with Crippen LogP contribution in [0.2, 0.25) is 5.02 Å². The van der Waals surface area contributed by atoms with E-state index in [1.165, 1.54) is 12.1 Å². The first-order valence-corrected chi connectivity index (χ1v) is 7.39. The molecule has 2 nitrogen and oxygen atoms in total. The molecule has 0 aromatic heterocycles. The molecule has 0 fully saturated rings. The summed E-state index contributed by atoms with van der Waals surface area (Å²) >= 11 is 9.51. The van der Waals surface area contributed by atoms with Gasteiger partial charge in [-0.05, 0) is 42.8 Å². The molecule has 0 spiro atoms. The van der Waals surface area contributed by atoms with Gasteiger partial charge in [-0.1, -0.05) is 39.7 Å². The molecule has 21 heavy (non-hydrogen) atoms. The summed E-state index contributed by atoms with van der Waals surface area (Å²) in [5.41, 5.74) is 1.74. The molecule has 1 unspecified atom stereocenters. The van der Waals surface area contributed by atoms with Crippen molar-refractivity contribution in [3.8, 4) is 5.75 Å². The maximum absolute atomic E-state index is 12.1. The van der Waals surface area contributed by atoms with E-state index in [9.17, 15) is 8.78 Å². The number of benzene rings is 2. The monoisotopic (exact) mass is 375 g/mol. The summed E-state index contributed by atoms with van der Waals surface area (Å²) in [6, 6.07) is 12.0. The summed E-state index contributed by atoms with van der Waals surface area (Å²) in [4.78, 5) is 0. The number of hydrogen-bond acceptors (Lipinski definition) is 2. The maximum atomic E-state index is 12.1. The average Bonchev–Trinajstić information content (AvgIpc) is 2.43. The van der Waals surface area contributed by atoms with Gasteiger partial charge in [-0.25, -0.2) is 0 Å². The summed E-state index contributed by atoms with van der Waals surface area (Å²) in [7, 11) is 0. The average molecular weight is 377 g/mol. The topological polar surface area (TPSA) is 21.3 Å². The molecular weight excluding hydrogens is 364 g/mol. The van der Waals surface area contributed by atoms with Crippen LogP contribution in [-0.2, 0) is 0 Å². The van der Waals surface area contributed by atoms with Crippen molar-refractivity contribution in [2.75, 3.05) is 5.32 Å². The predicted molar refractivity (Wildman–Crippen MR) is 84.3 cm³/mol. The van der Waals surface area contributed by atoms with Gasteiger partial charge in [0.1, 0.15) is 5.75 Å². The third kappa shape index (κ3) is 4.58. The Morgan fingerprint density at radius 2 is 1.81 bits per heavy atom. The third-order valence-corrected chi connectivity index (χ3v) is 3.73. The Balaban J connectivity index is 2.09. The van der Waals surface area contributed by atoms with E-state index >= 15 is 0 Å². The van der Waals surface area contributed by atoms with Crippen LogP contribution < -0.4 is 10.1 Å². The molecule has 2 rings (SSSR count). The summed E-state index contributed by atoms with van der Waals surface area (Å²) in [6.45, 7) is -0.855. The molecule has 6 heteroatoms. The van der Waals surface area contributed by atoms with E-state index in [-0.39, 0.29) is 11.8 Å². The van der Waals surface area contributed by atoms with Crippen molar-refractivity contribution in [1.82, 2.24) is 0 Å². The SMILES string of the molecule is CC(Nc1cc(Br)ccc1Cl)c1ccc(OC(F)F)cc1. The summed E-state index contributed by atoms with van der Waals surface area (Å²) in [5.74, 6) is 0.140. The Bertz CT molecular complexity index is 607. The van der Waals surface area contributed by atoms with Gasteiger partial charge in [0, 0.05) is 10.5 Å². The van der Waals surface area contributed by atoms with Crippen LogP contribution in [-0.4, -0.2) is 6.61 Å². The molecule has 0 aliphatic carbocycles. The fourth-order valence-corrected chi connectivity index (χ4v) is 2.40. The number of rotatable bonds is 5. The van der Waals surface area contributed by atoms with Crippen molar-refractivity contribution >= 4 is 33.2 Å². The Morgan fingerprint density at radius 1 is 1.14 bits per heavy atom. The van der Waals surface area contributed by atoms with Crippen LogP contribution in [0.25, 0.3) is 0 Å². The highest BCUT2D eigenvalue weighted by Gasteiger charge is 2.09. The van der Waals surface area contributed by atoms with Crippen molar-refractivity contribution in [2.24, 2.45) is 0 Å². The highest BCUT2D eigenvalue weighted by Crippen LogP contribution is 2.29. The van der Waals surface area contributed by atoms with Gasteiger partial charge < -0.3 is 10.1 Å². The number of halogens is 4. The first-order valence-electron chi connectivity index (χ1n) is 6.22. The molecule has 0 aliphatic rings. The molecular formula is C15H13BrClF2NO. The Morgan fingerprint density at radius 3 is 2.43 bits per heavy atom. The lowest BCUT2D eigenvalue weighted by Crippen LogP contribution is -2.07. The van der Waals surface area contributed by atoms with Gasteiger partial charge in [0.25, 0.3) is 0 Å². The minimum atomic E-state index is -2.81. The van der Waals surface area contributed by atoms with E-state index in [0.29, 0.717) is 5.02 Å². The van der Waals surface area contributed by atoms with Crippen LogP contribution in [0.1, 0.15) is 18.5 Å². The Labute approximate surface area is 135 Å². The number of alkyl halides is 2. The molecule has 112 valence electrons. The largest absolute Gasteiger partial charge is 0.435 e.